The highest BCUT2D eigenvalue weighted by molar-refractivity contribution is 6.29. The highest BCUT2D eigenvalue weighted by Gasteiger charge is 2.25. The van der Waals surface area contributed by atoms with E-state index in [0.717, 1.165) is 66.0 Å². The molecule has 10 aromatic rings. The summed E-state index contributed by atoms with van der Waals surface area (Å²) in [6.07, 6.45) is 0. The molecular formula is C44H25N5. The molecule has 5 heteroatoms. The van der Waals surface area contributed by atoms with Gasteiger partial charge in [-0.25, -0.2) is 0 Å². The molecule has 0 aliphatic carbocycles. The van der Waals surface area contributed by atoms with Crippen LogP contribution in [-0.4, -0.2) is 13.7 Å². The van der Waals surface area contributed by atoms with Gasteiger partial charge >= 0.3 is 0 Å². The summed E-state index contributed by atoms with van der Waals surface area (Å²) < 4.78 is 6.79. The van der Waals surface area contributed by atoms with Gasteiger partial charge in [-0.05, 0) is 60.7 Å². The number of nitriles is 2. The summed E-state index contributed by atoms with van der Waals surface area (Å²) in [7, 11) is 0. The molecule has 0 saturated heterocycles. The molecule has 226 valence electrons. The summed E-state index contributed by atoms with van der Waals surface area (Å²) in [6, 6.07) is 57.1. The predicted octanol–water partition coefficient (Wildman–Crippen LogP) is 10.7. The summed E-state index contributed by atoms with van der Waals surface area (Å²) in [5.41, 5.74) is 9.60. The van der Waals surface area contributed by atoms with E-state index in [-0.39, 0.29) is 0 Å². The van der Waals surface area contributed by atoms with Gasteiger partial charge in [-0.2, -0.15) is 10.5 Å². The van der Waals surface area contributed by atoms with Crippen molar-refractivity contribution in [2.75, 3.05) is 0 Å². The lowest BCUT2D eigenvalue weighted by Gasteiger charge is -2.19. The third kappa shape index (κ3) is 3.62. The van der Waals surface area contributed by atoms with Crippen molar-refractivity contribution < 1.29 is 0 Å². The molecule has 0 aliphatic rings. The van der Waals surface area contributed by atoms with Crippen molar-refractivity contribution in [3.05, 3.63) is 163 Å². The first-order chi connectivity index (χ1) is 24.3. The zero-order valence-corrected chi connectivity index (χ0v) is 26.2. The lowest BCUT2D eigenvalue weighted by atomic mass is 10.0. The third-order valence-corrected chi connectivity index (χ3v) is 9.92. The first-order valence-electron chi connectivity index (χ1n) is 16.3. The summed E-state index contributed by atoms with van der Waals surface area (Å²) in [6.45, 7) is 0. The maximum Gasteiger partial charge on any atom is 0.103 e. The maximum absolute atomic E-state index is 10.8. The van der Waals surface area contributed by atoms with Gasteiger partial charge < -0.3 is 13.7 Å². The number of hydrogen-bond donors (Lipinski definition) is 0. The smallest absolute Gasteiger partial charge is 0.103 e. The van der Waals surface area contributed by atoms with Crippen LogP contribution in [0.2, 0.25) is 0 Å². The molecule has 0 unspecified atom stereocenters. The van der Waals surface area contributed by atoms with Gasteiger partial charge in [-0.15, -0.1) is 0 Å². The van der Waals surface area contributed by atoms with Gasteiger partial charge in [0, 0.05) is 38.0 Å². The summed E-state index contributed by atoms with van der Waals surface area (Å²) >= 11 is 0. The number of hydrogen-bond acceptors (Lipinski definition) is 2. The number of aromatic nitrogens is 3. The van der Waals surface area contributed by atoms with Gasteiger partial charge in [0.1, 0.15) is 12.1 Å². The van der Waals surface area contributed by atoms with Crippen molar-refractivity contribution in [1.82, 2.24) is 13.7 Å². The fraction of sp³-hybridized carbons (Fsp3) is 0. The molecule has 3 heterocycles. The van der Waals surface area contributed by atoms with Crippen LogP contribution in [0.1, 0.15) is 11.1 Å². The number of rotatable bonds is 3. The molecule has 0 radical (unpaired) electrons. The number of fused-ring (bicyclic) bond motifs is 10. The van der Waals surface area contributed by atoms with Crippen LogP contribution in [0.3, 0.4) is 0 Å². The second-order valence-electron chi connectivity index (χ2n) is 12.3. The van der Waals surface area contributed by atoms with Crippen molar-refractivity contribution in [3.63, 3.8) is 0 Å². The Morgan fingerprint density at radius 2 is 0.837 bits per heavy atom. The quantitative estimate of drug-likeness (QED) is 0.197. The molecule has 3 aromatic heterocycles. The van der Waals surface area contributed by atoms with E-state index in [1.807, 2.05) is 36.4 Å². The Hall–Kier alpha value is -7.08. The van der Waals surface area contributed by atoms with Crippen molar-refractivity contribution in [3.8, 4) is 29.2 Å². The van der Waals surface area contributed by atoms with Crippen molar-refractivity contribution in [2.24, 2.45) is 0 Å². The Bertz CT molecular complexity index is 3020. The number of para-hydroxylation sites is 5. The Labute approximate surface area is 280 Å². The molecule has 0 atom stereocenters. The van der Waals surface area contributed by atoms with Gasteiger partial charge in [-0.3, -0.25) is 0 Å². The highest BCUT2D eigenvalue weighted by atomic mass is 15.1. The largest absolute Gasteiger partial charge is 0.309 e. The second kappa shape index (κ2) is 10.2. The Morgan fingerprint density at radius 1 is 0.367 bits per heavy atom. The molecule has 7 aromatic carbocycles. The minimum absolute atomic E-state index is 0.345. The standard InChI is InChI=1S/C44H25N5/c45-26-28-22-23-41(44(34(28)27-46)49-35-18-8-4-14-30(35)31-15-5-9-19-36(31)49)48-38-21-11-7-17-33(38)43-40(48)25-24-39-42(43)32-16-6-10-20-37(32)47(39)29-12-2-1-3-13-29/h1-25H. The van der Waals surface area contributed by atoms with Crippen LogP contribution in [0.25, 0.3) is 82.5 Å². The Kier molecular flexibility index (Phi) is 5.64. The topological polar surface area (TPSA) is 62.4 Å². The molecule has 10 rings (SSSR count). The van der Waals surface area contributed by atoms with E-state index >= 15 is 0 Å². The fourth-order valence-corrected chi connectivity index (χ4v) is 7.99. The van der Waals surface area contributed by atoms with E-state index in [2.05, 4.69) is 135 Å². The van der Waals surface area contributed by atoms with Crippen molar-refractivity contribution >= 4 is 65.4 Å². The Balaban J connectivity index is 1.41. The van der Waals surface area contributed by atoms with Gasteiger partial charge in [0.15, 0.2) is 0 Å². The van der Waals surface area contributed by atoms with E-state index < -0.39 is 0 Å². The molecule has 0 spiro atoms. The fourth-order valence-electron chi connectivity index (χ4n) is 7.99. The lowest BCUT2D eigenvalue weighted by molar-refractivity contribution is 1.08. The molecular weight excluding hydrogens is 599 g/mol. The average Bonchev–Trinajstić information content (AvgIpc) is 3.80. The molecule has 0 fully saturated rings. The molecule has 0 amide bonds. The Morgan fingerprint density at radius 3 is 1.39 bits per heavy atom. The zero-order valence-electron chi connectivity index (χ0n) is 26.2. The monoisotopic (exact) mass is 623 g/mol. The lowest BCUT2D eigenvalue weighted by Crippen LogP contribution is -2.07. The summed E-state index contributed by atoms with van der Waals surface area (Å²) in [5, 5.41) is 27.8. The first kappa shape index (κ1) is 27.1. The van der Waals surface area contributed by atoms with Crippen molar-refractivity contribution in [2.45, 2.75) is 0 Å². The molecule has 0 bridgehead atoms. The number of benzene rings is 7. The van der Waals surface area contributed by atoms with Crippen LogP contribution in [0.5, 0.6) is 0 Å². The third-order valence-electron chi connectivity index (χ3n) is 9.92. The SMILES string of the molecule is N#Cc1ccc(-n2c3ccccc3c3c4c5ccccc5n(-c5ccccc5)c4ccc32)c(-n2c3ccccc3c3ccccc32)c1C#N. The average molecular weight is 624 g/mol. The molecule has 49 heavy (non-hydrogen) atoms. The van der Waals surface area contributed by atoms with Crippen LogP contribution in [0.4, 0.5) is 0 Å². The zero-order chi connectivity index (χ0) is 32.6. The first-order valence-corrected chi connectivity index (χ1v) is 16.3. The van der Waals surface area contributed by atoms with Crippen LogP contribution >= 0.6 is 0 Å². The summed E-state index contributed by atoms with van der Waals surface area (Å²) in [5.74, 6) is 0. The minimum Gasteiger partial charge on any atom is -0.309 e. The van der Waals surface area contributed by atoms with Crippen molar-refractivity contribution in [1.29, 1.82) is 10.5 Å². The molecule has 0 N–H and O–H groups in total. The van der Waals surface area contributed by atoms with Gasteiger partial charge in [0.05, 0.1) is 55.6 Å². The molecule has 0 aliphatic heterocycles. The maximum atomic E-state index is 10.8. The van der Waals surface area contributed by atoms with Crippen LogP contribution in [0, 0.1) is 22.7 Å². The van der Waals surface area contributed by atoms with Crippen LogP contribution < -0.4 is 0 Å². The van der Waals surface area contributed by atoms with E-state index in [4.69, 9.17) is 0 Å². The van der Waals surface area contributed by atoms with E-state index in [9.17, 15) is 10.5 Å². The normalized spacial score (nSPS) is 11.6. The van der Waals surface area contributed by atoms with Crippen LogP contribution in [-0.2, 0) is 0 Å². The minimum atomic E-state index is 0.345. The number of nitrogens with zero attached hydrogens (tertiary/aromatic N) is 5. The van der Waals surface area contributed by atoms with Gasteiger partial charge in [0.25, 0.3) is 0 Å². The highest BCUT2D eigenvalue weighted by Crippen LogP contribution is 2.44. The van der Waals surface area contributed by atoms with Gasteiger partial charge in [-0.1, -0.05) is 91.0 Å². The predicted molar refractivity (Wildman–Crippen MR) is 199 cm³/mol. The molecule has 5 nitrogen and oxygen atoms in total. The van der Waals surface area contributed by atoms with E-state index in [1.165, 1.54) is 10.8 Å². The van der Waals surface area contributed by atoms with Gasteiger partial charge in [0.2, 0.25) is 0 Å². The second-order valence-corrected chi connectivity index (χ2v) is 12.3. The van der Waals surface area contributed by atoms with E-state index in [1.54, 1.807) is 6.07 Å². The van der Waals surface area contributed by atoms with Crippen LogP contribution in [0.15, 0.2) is 152 Å². The van der Waals surface area contributed by atoms with E-state index in [0.29, 0.717) is 16.8 Å². The summed E-state index contributed by atoms with van der Waals surface area (Å²) in [4.78, 5) is 0. The molecule has 0 saturated carbocycles.